The van der Waals surface area contributed by atoms with Crippen molar-refractivity contribution in [3.05, 3.63) is 77.9 Å². The highest BCUT2D eigenvalue weighted by Crippen LogP contribution is 2.25. The van der Waals surface area contributed by atoms with Crippen LogP contribution in [0.15, 0.2) is 71.6 Å². The van der Waals surface area contributed by atoms with Crippen LogP contribution in [0.2, 0.25) is 0 Å². The van der Waals surface area contributed by atoms with Crippen molar-refractivity contribution in [3.63, 3.8) is 0 Å². The van der Waals surface area contributed by atoms with E-state index < -0.39 is 15.7 Å². The van der Waals surface area contributed by atoms with Gasteiger partial charge in [-0.3, -0.25) is 4.79 Å². The maximum atomic E-state index is 12.8. The summed E-state index contributed by atoms with van der Waals surface area (Å²) >= 11 is 0. The molecule has 0 heterocycles. The number of hydrogen-bond acceptors (Lipinski definition) is 3. The van der Waals surface area contributed by atoms with Gasteiger partial charge in [0.2, 0.25) is 0 Å². The van der Waals surface area contributed by atoms with E-state index in [1.807, 2.05) is 49.4 Å². The van der Waals surface area contributed by atoms with Crippen molar-refractivity contribution in [3.8, 4) is 0 Å². The molecule has 3 aromatic rings. The summed E-state index contributed by atoms with van der Waals surface area (Å²) in [5, 5.41) is 5.10. The van der Waals surface area contributed by atoms with Crippen LogP contribution < -0.4 is 5.32 Å². The Labute approximate surface area is 153 Å². The number of benzene rings is 3. The van der Waals surface area contributed by atoms with Crippen molar-refractivity contribution >= 4 is 26.5 Å². The zero-order valence-corrected chi connectivity index (χ0v) is 15.6. The molecule has 5 heteroatoms. The first kappa shape index (κ1) is 18.1. The lowest BCUT2D eigenvalue weighted by Gasteiger charge is -2.18. The quantitative estimate of drug-likeness (QED) is 0.738. The molecule has 0 saturated carbocycles. The van der Waals surface area contributed by atoms with Gasteiger partial charge in [0, 0.05) is 0 Å². The molecule has 1 N–H and O–H groups in total. The highest BCUT2D eigenvalue weighted by Gasteiger charge is 2.22. The minimum absolute atomic E-state index is 0.0455. The largest absolute Gasteiger partial charge is 0.345 e. The molecule has 0 aliphatic carbocycles. The van der Waals surface area contributed by atoms with E-state index in [9.17, 15) is 13.2 Å². The van der Waals surface area contributed by atoms with Crippen LogP contribution in [0.1, 0.15) is 35.8 Å². The summed E-state index contributed by atoms with van der Waals surface area (Å²) in [6.45, 7) is 3.47. The summed E-state index contributed by atoms with van der Waals surface area (Å²) in [6.07, 6.45) is 0. The molecule has 1 amide bonds. The molecule has 0 bridgehead atoms. The van der Waals surface area contributed by atoms with Gasteiger partial charge in [0.15, 0.2) is 9.84 Å². The van der Waals surface area contributed by atoms with E-state index in [-0.39, 0.29) is 22.3 Å². The summed E-state index contributed by atoms with van der Waals surface area (Å²) in [7, 11) is -3.47. The lowest BCUT2D eigenvalue weighted by atomic mass is 9.99. The summed E-state index contributed by atoms with van der Waals surface area (Å²) in [5.74, 6) is -0.436. The minimum Gasteiger partial charge on any atom is -0.345 e. The molecule has 3 aromatic carbocycles. The second-order valence-corrected chi connectivity index (χ2v) is 8.41. The van der Waals surface area contributed by atoms with Crippen molar-refractivity contribution in [2.45, 2.75) is 24.8 Å². The van der Waals surface area contributed by atoms with Gasteiger partial charge in [-0.1, -0.05) is 61.5 Å². The Bertz CT molecular complexity index is 1050. The van der Waals surface area contributed by atoms with Crippen molar-refractivity contribution in [1.82, 2.24) is 5.32 Å². The molecule has 1 unspecified atom stereocenters. The van der Waals surface area contributed by atoms with E-state index in [1.165, 1.54) is 6.07 Å². The van der Waals surface area contributed by atoms with Crippen molar-refractivity contribution in [2.75, 3.05) is 5.75 Å². The molecule has 26 heavy (non-hydrogen) atoms. The topological polar surface area (TPSA) is 63.2 Å². The second kappa shape index (κ2) is 7.30. The summed E-state index contributed by atoms with van der Waals surface area (Å²) < 4.78 is 24.6. The third-order valence-corrected chi connectivity index (χ3v) is 6.27. The predicted molar refractivity (Wildman–Crippen MR) is 104 cm³/mol. The van der Waals surface area contributed by atoms with Gasteiger partial charge in [-0.15, -0.1) is 0 Å². The fourth-order valence-corrected chi connectivity index (χ4v) is 4.15. The monoisotopic (exact) mass is 367 g/mol. The van der Waals surface area contributed by atoms with Crippen LogP contribution in [-0.4, -0.2) is 20.1 Å². The van der Waals surface area contributed by atoms with Gasteiger partial charge >= 0.3 is 0 Å². The normalized spacial score (nSPS) is 12.7. The summed E-state index contributed by atoms with van der Waals surface area (Å²) in [6, 6.07) is 20.0. The number of nitrogens with one attached hydrogen (secondary N) is 1. The average molecular weight is 367 g/mol. The second-order valence-electron chi connectivity index (χ2n) is 6.16. The maximum Gasteiger partial charge on any atom is 0.253 e. The zero-order chi connectivity index (χ0) is 18.7. The number of hydrogen-bond donors (Lipinski definition) is 1. The SMILES string of the molecule is CCS(=O)(=O)c1ccccc1C(=O)NC(C)c1cccc2ccccc12. The van der Waals surface area contributed by atoms with Crippen LogP contribution in [0, 0.1) is 0 Å². The van der Waals surface area contributed by atoms with E-state index in [1.54, 1.807) is 25.1 Å². The molecule has 0 saturated heterocycles. The highest BCUT2D eigenvalue weighted by molar-refractivity contribution is 7.91. The molecule has 0 radical (unpaired) electrons. The van der Waals surface area contributed by atoms with E-state index in [0.717, 1.165) is 16.3 Å². The average Bonchev–Trinajstić information content (AvgIpc) is 2.67. The molecule has 0 aromatic heterocycles. The molecule has 0 fully saturated rings. The van der Waals surface area contributed by atoms with Crippen molar-refractivity contribution in [1.29, 1.82) is 0 Å². The fourth-order valence-electron chi connectivity index (χ4n) is 3.06. The van der Waals surface area contributed by atoms with Crippen LogP contribution in [0.25, 0.3) is 10.8 Å². The molecule has 1 atom stereocenters. The van der Waals surface area contributed by atoms with Gasteiger partial charge in [0.1, 0.15) is 0 Å². The Kier molecular flexibility index (Phi) is 5.09. The Balaban J connectivity index is 1.94. The summed E-state index contributed by atoms with van der Waals surface area (Å²) in [5.41, 5.74) is 1.17. The molecular formula is C21H21NO3S. The third-order valence-electron chi connectivity index (χ3n) is 4.48. The van der Waals surface area contributed by atoms with Crippen molar-refractivity contribution in [2.24, 2.45) is 0 Å². The fraction of sp³-hybridized carbons (Fsp3) is 0.190. The van der Waals surface area contributed by atoms with Crippen LogP contribution in [0.5, 0.6) is 0 Å². The third kappa shape index (κ3) is 3.48. The standard InChI is InChI=1S/C21H21NO3S/c1-3-26(24,25)20-14-7-6-12-19(20)21(23)22-15(2)17-13-8-10-16-9-4-5-11-18(16)17/h4-15H,3H2,1-2H3,(H,22,23). The molecule has 0 aliphatic heterocycles. The van der Waals surface area contributed by atoms with Gasteiger partial charge < -0.3 is 5.32 Å². The van der Waals surface area contributed by atoms with E-state index in [2.05, 4.69) is 5.32 Å². The first-order chi connectivity index (χ1) is 12.4. The number of carbonyl (C=O) groups is 1. The first-order valence-electron chi connectivity index (χ1n) is 8.54. The van der Waals surface area contributed by atoms with Gasteiger partial charge in [-0.05, 0) is 35.4 Å². The number of rotatable bonds is 5. The van der Waals surface area contributed by atoms with E-state index in [0.29, 0.717) is 0 Å². The van der Waals surface area contributed by atoms with Crippen LogP contribution >= 0.6 is 0 Å². The number of amides is 1. The maximum absolute atomic E-state index is 12.8. The van der Waals surface area contributed by atoms with E-state index in [4.69, 9.17) is 0 Å². The molecule has 0 aliphatic rings. The van der Waals surface area contributed by atoms with Gasteiger partial charge in [0.05, 0.1) is 22.3 Å². The smallest absolute Gasteiger partial charge is 0.253 e. The molecule has 134 valence electrons. The zero-order valence-electron chi connectivity index (χ0n) is 14.8. The highest BCUT2D eigenvalue weighted by atomic mass is 32.2. The molecule has 3 rings (SSSR count). The lowest BCUT2D eigenvalue weighted by Crippen LogP contribution is -2.28. The first-order valence-corrected chi connectivity index (χ1v) is 10.2. The van der Waals surface area contributed by atoms with Gasteiger partial charge in [0.25, 0.3) is 5.91 Å². The predicted octanol–water partition coefficient (Wildman–Crippen LogP) is 4.12. The molecule has 0 spiro atoms. The Hall–Kier alpha value is -2.66. The van der Waals surface area contributed by atoms with Crippen LogP contribution in [0.4, 0.5) is 0 Å². The van der Waals surface area contributed by atoms with Gasteiger partial charge in [-0.2, -0.15) is 0 Å². The molecule has 4 nitrogen and oxygen atoms in total. The van der Waals surface area contributed by atoms with E-state index >= 15 is 0 Å². The number of sulfone groups is 1. The lowest BCUT2D eigenvalue weighted by molar-refractivity contribution is 0.0937. The number of fused-ring (bicyclic) bond motifs is 1. The molecular weight excluding hydrogens is 346 g/mol. The van der Waals surface area contributed by atoms with Gasteiger partial charge in [-0.25, -0.2) is 8.42 Å². The minimum atomic E-state index is -3.47. The van der Waals surface area contributed by atoms with Crippen LogP contribution in [-0.2, 0) is 9.84 Å². The number of carbonyl (C=O) groups excluding carboxylic acids is 1. The van der Waals surface area contributed by atoms with Crippen LogP contribution in [0.3, 0.4) is 0 Å². The van der Waals surface area contributed by atoms with Crippen molar-refractivity contribution < 1.29 is 13.2 Å². The summed E-state index contributed by atoms with van der Waals surface area (Å²) in [4.78, 5) is 12.8. The Morgan fingerprint density at radius 1 is 0.962 bits per heavy atom. The Morgan fingerprint density at radius 3 is 2.38 bits per heavy atom. The Morgan fingerprint density at radius 2 is 1.62 bits per heavy atom.